The van der Waals surface area contributed by atoms with Crippen LogP contribution in [-0.4, -0.2) is 27.0 Å². The number of primary amides is 1. The van der Waals surface area contributed by atoms with Crippen LogP contribution in [0.25, 0.3) is 0 Å². The monoisotopic (exact) mass is 308 g/mol. The predicted molar refractivity (Wildman–Crippen MR) is 75.6 cm³/mol. The molecule has 0 aliphatic heterocycles. The van der Waals surface area contributed by atoms with Gasteiger partial charge in [-0.25, -0.2) is 0 Å². The van der Waals surface area contributed by atoms with Gasteiger partial charge in [-0.2, -0.15) is 9.97 Å². The number of nitrogens with two attached hydrogens (primary N) is 1. The minimum atomic E-state index is -0.516. The third kappa shape index (κ3) is 4.28. The highest BCUT2D eigenvalue weighted by Gasteiger charge is 2.10. The van der Waals surface area contributed by atoms with E-state index in [2.05, 4.69) is 15.0 Å². The first-order chi connectivity index (χ1) is 9.94. The van der Waals surface area contributed by atoms with Crippen molar-refractivity contribution in [1.29, 1.82) is 0 Å². The van der Waals surface area contributed by atoms with Crippen molar-refractivity contribution in [2.45, 2.75) is 20.0 Å². The molecule has 0 bridgehead atoms. The molecule has 21 heavy (non-hydrogen) atoms. The van der Waals surface area contributed by atoms with Crippen molar-refractivity contribution in [3.63, 3.8) is 0 Å². The Morgan fingerprint density at radius 3 is 2.33 bits per heavy atom. The van der Waals surface area contributed by atoms with Gasteiger partial charge >= 0.3 is 12.0 Å². The molecule has 2 N–H and O–H groups in total. The molecular formula is C13H13ClN4O3. The summed E-state index contributed by atoms with van der Waals surface area (Å²) in [4.78, 5) is 22.6. The van der Waals surface area contributed by atoms with Gasteiger partial charge in [-0.3, -0.25) is 4.79 Å². The highest BCUT2D eigenvalue weighted by molar-refractivity contribution is 6.28. The average Bonchev–Trinajstić information content (AvgIpc) is 2.37. The van der Waals surface area contributed by atoms with E-state index in [0.717, 1.165) is 0 Å². The Hall–Kier alpha value is -2.41. The lowest BCUT2D eigenvalue weighted by atomic mass is 10.2. The lowest BCUT2D eigenvalue weighted by molar-refractivity contribution is 0.100. The Morgan fingerprint density at radius 1 is 1.14 bits per heavy atom. The van der Waals surface area contributed by atoms with Crippen LogP contribution < -0.4 is 15.2 Å². The molecule has 0 saturated heterocycles. The van der Waals surface area contributed by atoms with Gasteiger partial charge in [-0.15, -0.1) is 4.98 Å². The highest BCUT2D eigenvalue weighted by atomic mass is 35.5. The van der Waals surface area contributed by atoms with Crippen molar-refractivity contribution in [3.05, 3.63) is 35.1 Å². The van der Waals surface area contributed by atoms with Crippen LogP contribution in [-0.2, 0) is 0 Å². The van der Waals surface area contributed by atoms with Crippen molar-refractivity contribution < 1.29 is 14.3 Å². The summed E-state index contributed by atoms with van der Waals surface area (Å²) in [6.07, 6.45) is -0.105. The van der Waals surface area contributed by atoms with Gasteiger partial charge in [0.1, 0.15) is 5.75 Å². The van der Waals surface area contributed by atoms with Crippen molar-refractivity contribution in [2.75, 3.05) is 0 Å². The molecule has 2 rings (SSSR count). The van der Waals surface area contributed by atoms with E-state index in [1.165, 1.54) is 12.1 Å². The summed E-state index contributed by atoms with van der Waals surface area (Å²) in [6, 6.07) is 6.28. The molecule has 0 atom stereocenters. The fourth-order valence-electron chi connectivity index (χ4n) is 1.42. The van der Waals surface area contributed by atoms with Gasteiger partial charge in [0.05, 0.1) is 6.10 Å². The molecule has 8 heteroatoms. The van der Waals surface area contributed by atoms with Gasteiger partial charge in [-0.1, -0.05) is 0 Å². The van der Waals surface area contributed by atoms with E-state index in [0.29, 0.717) is 11.3 Å². The van der Waals surface area contributed by atoms with Crippen LogP contribution in [0, 0.1) is 0 Å². The van der Waals surface area contributed by atoms with Crippen LogP contribution in [0.1, 0.15) is 24.2 Å². The average molecular weight is 309 g/mol. The maximum atomic E-state index is 11.0. The normalized spacial score (nSPS) is 10.5. The third-order valence-electron chi connectivity index (χ3n) is 2.26. The van der Waals surface area contributed by atoms with Gasteiger partial charge in [0.25, 0.3) is 0 Å². The van der Waals surface area contributed by atoms with Crippen LogP contribution in [0.2, 0.25) is 5.28 Å². The van der Waals surface area contributed by atoms with Crippen molar-refractivity contribution in [2.24, 2.45) is 5.73 Å². The first-order valence-corrected chi connectivity index (χ1v) is 6.48. The molecule has 0 aliphatic carbocycles. The molecule has 0 fully saturated rings. The maximum Gasteiger partial charge on any atom is 0.329 e. The van der Waals surface area contributed by atoms with E-state index in [4.69, 9.17) is 26.8 Å². The zero-order valence-electron chi connectivity index (χ0n) is 11.4. The number of carbonyl (C=O) groups excluding carboxylic acids is 1. The smallest absolute Gasteiger partial charge is 0.329 e. The summed E-state index contributed by atoms with van der Waals surface area (Å²) in [5.74, 6) is -0.0878. The van der Waals surface area contributed by atoms with Crippen LogP contribution in [0.4, 0.5) is 0 Å². The Balaban J connectivity index is 2.18. The van der Waals surface area contributed by atoms with Crippen molar-refractivity contribution in [3.8, 4) is 17.8 Å². The SMILES string of the molecule is CC(C)Oc1nc(Cl)nc(Oc2ccc(C(N)=O)cc2)n1. The number of amides is 1. The number of nitrogens with zero attached hydrogens (tertiary/aromatic N) is 3. The molecule has 1 aromatic heterocycles. The summed E-state index contributed by atoms with van der Waals surface area (Å²) in [5.41, 5.74) is 5.53. The largest absolute Gasteiger partial charge is 0.461 e. The molecule has 1 amide bonds. The number of hydrogen-bond acceptors (Lipinski definition) is 6. The zero-order valence-corrected chi connectivity index (χ0v) is 12.2. The molecule has 110 valence electrons. The number of ether oxygens (including phenoxy) is 2. The van der Waals surface area contributed by atoms with Gasteiger partial charge in [0, 0.05) is 5.56 Å². The third-order valence-corrected chi connectivity index (χ3v) is 2.43. The van der Waals surface area contributed by atoms with E-state index in [1.54, 1.807) is 12.1 Å². The number of halogens is 1. The van der Waals surface area contributed by atoms with Crippen LogP contribution >= 0.6 is 11.6 Å². The second-order valence-electron chi connectivity index (χ2n) is 4.33. The quantitative estimate of drug-likeness (QED) is 0.908. The summed E-state index contributed by atoms with van der Waals surface area (Å²) in [6.45, 7) is 3.67. The second-order valence-corrected chi connectivity index (χ2v) is 4.66. The molecule has 0 spiro atoms. The van der Waals surface area contributed by atoms with Gasteiger partial charge in [0.15, 0.2) is 0 Å². The van der Waals surface area contributed by atoms with Gasteiger partial charge in [-0.05, 0) is 49.7 Å². The van der Waals surface area contributed by atoms with E-state index in [-0.39, 0.29) is 23.4 Å². The van der Waals surface area contributed by atoms with Crippen molar-refractivity contribution >= 4 is 17.5 Å². The molecular weight excluding hydrogens is 296 g/mol. The predicted octanol–water partition coefficient (Wildman–Crippen LogP) is 2.20. The van der Waals surface area contributed by atoms with Gasteiger partial charge in [0.2, 0.25) is 11.2 Å². The van der Waals surface area contributed by atoms with Crippen molar-refractivity contribution in [1.82, 2.24) is 15.0 Å². The van der Waals surface area contributed by atoms with E-state index in [9.17, 15) is 4.79 Å². The minimum absolute atomic E-state index is 0.00234. The standard InChI is InChI=1S/C13H13ClN4O3/c1-7(2)20-12-16-11(14)17-13(18-12)21-9-5-3-8(4-6-9)10(15)19/h3-7H,1-2H3,(H2,15,19). The van der Waals surface area contributed by atoms with Crippen LogP contribution in [0.15, 0.2) is 24.3 Å². The Bertz CT molecular complexity index is 646. The van der Waals surface area contributed by atoms with Crippen LogP contribution in [0.5, 0.6) is 17.8 Å². The van der Waals surface area contributed by atoms with E-state index >= 15 is 0 Å². The molecule has 1 heterocycles. The Kier molecular flexibility index (Phi) is 4.54. The van der Waals surface area contributed by atoms with E-state index in [1.807, 2.05) is 13.8 Å². The summed E-state index contributed by atoms with van der Waals surface area (Å²) in [7, 11) is 0. The number of rotatable bonds is 5. The maximum absolute atomic E-state index is 11.0. The lowest BCUT2D eigenvalue weighted by Crippen LogP contribution is -2.10. The van der Waals surface area contributed by atoms with Gasteiger partial charge < -0.3 is 15.2 Å². The minimum Gasteiger partial charge on any atom is -0.461 e. The number of aromatic nitrogens is 3. The molecule has 0 unspecified atom stereocenters. The zero-order chi connectivity index (χ0) is 15.4. The fourth-order valence-corrected chi connectivity index (χ4v) is 1.56. The Morgan fingerprint density at radius 2 is 1.76 bits per heavy atom. The molecule has 1 aromatic carbocycles. The number of benzene rings is 1. The number of hydrogen-bond donors (Lipinski definition) is 1. The summed E-state index contributed by atoms with van der Waals surface area (Å²) < 4.78 is 10.8. The Labute approximate surface area is 126 Å². The topological polar surface area (TPSA) is 100 Å². The lowest BCUT2D eigenvalue weighted by Gasteiger charge is -2.09. The molecule has 0 saturated carbocycles. The number of carbonyl (C=O) groups is 1. The molecule has 0 aliphatic rings. The van der Waals surface area contributed by atoms with Crippen LogP contribution in [0.3, 0.4) is 0 Å². The molecule has 2 aromatic rings. The second kappa shape index (κ2) is 6.36. The first kappa shape index (κ1) is 15.0. The molecule has 0 radical (unpaired) electrons. The fraction of sp³-hybridized carbons (Fsp3) is 0.231. The molecule has 7 nitrogen and oxygen atoms in total. The summed E-state index contributed by atoms with van der Waals surface area (Å²) >= 11 is 5.78. The van der Waals surface area contributed by atoms with E-state index < -0.39 is 5.91 Å². The first-order valence-electron chi connectivity index (χ1n) is 6.10. The summed E-state index contributed by atoms with van der Waals surface area (Å²) in [5, 5.41) is -0.0376. The highest BCUT2D eigenvalue weighted by Crippen LogP contribution is 2.21.